The van der Waals surface area contributed by atoms with Crippen molar-refractivity contribution in [2.45, 2.75) is 11.8 Å². The van der Waals surface area contributed by atoms with Crippen molar-refractivity contribution in [1.82, 2.24) is 4.90 Å². The Morgan fingerprint density at radius 2 is 1.77 bits per heavy atom. The van der Waals surface area contributed by atoms with Gasteiger partial charge in [0.2, 0.25) is 11.5 Å². The highest BCUT2D eigenvalue weighted by Gasteiger charge is 2.35. The van der Waals surface area contributed by atoms with E-state index in [2.05, 4.69) is 21.8 Å². The summed E-state index contributed by atoms with van der Waals surface area (Å²) in [5, 5.41) is -1.15. The summed E-state index contributed by atoms with van der Waals surface area (Å²) >= 11 is 6.04. The van der Waals surface area contributed by atoms with Gasteiger partial charge >= 0.3 is 11.9 Å². The van der Waals surface area contributed by atoms with E-state index in [9.17, 15) is 9.59 Å². The van der Waals surface area contributed by atoms with Gasteiger partial charge in [-0.25, -0.2) is 0 Å². The molecular weight excluding hydrogens is 422 g/mol. The van der Waals surface area contributed by atoms with Gasteiger partial charge in [-0.15, -0.1) is 11.6 Å². The SMILES string of the molecule is CN1CCN(c2cc3c(c4c2OC(=O)CC(Cl)C(=O)O4)Oc2ccccc2C=N3)CC1. The van der Waals surface area contributed by atoms with Gasteiger partial charge in [-0.1, -0.05) is 12.1 Å². The van der Waals surface area contributed by atoms with Crippen LogP contribution in [0.4, 0.5) is 11.4 Å². The largest absolute Gasteiger partial charge is 0.450 e. The number of alkyl halides is 1. The maximum Gasteiger partial charge on any atom is 0.330 e. The minimum absolute atomic E-state index is 0.0176. The molecule has 0 spiro atoms. The summed E-state index contributed by atoms with van der Waals surface area (Å²) in [7, 11) is 2.05. The number of carbonyl (C=O) groups excluding carboxylic acids is 2. The maximum absolute atomic E-state index is 12.5. The molecule has 2 aromatic carbocycles. The van der Waals surface area contributed by atoms with E-state index in [0.29, 0.717) is 17.1 Å². The summed E-state index contributed by atoms with van der Waals surface area (Å²) in [6.45, 7) is 3.12. The quantitative estimate of drug-likeness (QED) is 0.326. The average Bonchev–Trinajstić information content (AvgIpc) is 2.94. The molecule has 0 aromatic heterocycles. The van der Waals surface area contributed by atoms with Gasteiger partial charge in [0.25, 0.3) is 0 Å². The molecule has 160 valence electrons. The number of aliphatic imine (C=N–C) groups is 1. The molecule has 3 aliphatic rings. The lowest BCUT2D eigenvalue weighted by Crippen LogP contribution is -2.44. The zero-order valence-corrected chi connectivity index (χ0v) is 17.6. The lowest BCUT2D eigenvalue weighted by atomic mass is 10.1. The Balaban J connectivity index is 1.69. The fraction of sp³-hybridized carbons (Fsp3) is 0.318. The Hall–Kier alpha value is -3.10. The third kappa shape index (κ3) is 3.73. The van der Waals surface area contributed by atoms with E-state index < -0.39 is 17.3 Å². The number of esters is 2. The summed E-state index contributed by atoms with van der Waals surface area (Å²) in [4.78, 5) is 33.9. The van der Waals surface area contributed by atoms with Crippen LogP contribution in [0.2, 0.25) is 0 Å². The molecule has 1 unspecified atom stereocenters. The highest BCUT2D eigenvalue weighted by Crippen LogP contribution is 2.53. The van der Waals surface area contributed by atoms with E-state index in [1.54, 1.807) is 12.3 Å². The average molecular weight is 442 g/mol. The van der Waals surface area contributed by atoms with Gasteiger partial charge in [-0.05, 0) is 25.2 Å². The van der Waals surface area contributed by atoms with E-state index in [-0.39, 0.29) is 23.7 Å². The molecule has 1 fully saturated rings. The van der Waals surface area contributed by atoms with Crippen molar-refractivity contribution in [1.29, 1.82) is 0 Å². The fourth-order valence-electron chi connectivity index (χ4n) is 3.74. The molecule has 0 amide bonds. The zero-order chi connectivity index (χ0) is 21.5. The first-order chi connectivity index (χ1) is 15.0. The normalized spacial score (nSPS) is 20.8. The fourth-order valence-corrected chi connectivity index (χ4v) is 3.91. The highest BCUT2D eigenvalue weighted by molar-refractivity contribution is 6.31. The molecule has 0 bridgehead atoms. The van der Waals surface area contributed by atoms with Crippen LogP contribution in [-0.2, 0) is 9.59 Å². The Morgan fingerprint density at radius 3 is 2.58 bits per heavy atom. The number of hydrogen-bond acceptors (Lipinski definition) is 8. The van der Waals surface area contributed by atoms with Gasteiger partial charge in [0.1, 0.15) is 16.8 Å². The number of likely N-dealkylation sites (N-methyl/N-ethyl adjacent to an activating group) is 1. The van der Waals surface area contributed by atoms with E-state index in [1.165, 1.54) is 0 Å². The van der Waals surface area contributed by atoms with Gasteiger partial charge in [-0.3, -0.25) is 14.6 Å². The third-order valence-corrected chi connectivity index (χ3v) is 5.82. The Labute approximate surface area is 184 Å². The molecule has 5 rings (SSSR count). The third-order valence-electron chi connectivity index (χ3n) is 5.49. The van der Waals surface area contributed by atoms with Crippen LogP contribution in [0.3, 0.4) is 0 Å². The molecule has 9 heteroatoms. The van der Waals surface area contributed by atoms with E-state index in [4.69, 9.17) is 25.8 Å². The summed E-state index contributed by atoms with van der Waals surface area (Å²) in [5.41, 5.74) is 1.88. The summed E-state index contributed by atoms with van der Waals surface area (Å²) in [6, 6.07) is 9.18. The van der Waals surface area contributed by atoms with Crippen LogP contribution in [0.25, 0.3) is 0 Å². The van der Waals surface area contributed by atoms with Gasteiger partial charge < -0.3 is 24.0 Å². The van der Waals surface area contributed by atoms with Crippen molar-refractivity contribution >= 4 is 41.1 Å². The molecule has 0 radical (unpaired) electrons. The van der Waals surface area contributed by atoms with Gasteiger partial charge in [0.15, 0.2) is 5.75 Å². The minimum atomic E-state index is -1.15. The highest BCUT2D eigenvalue weighted by atomic mass is 35.5. The lowest BCUT2D eigenvalue weighted by Gasteiger charge is -2.35. The Bertz CT molecular complexity index is 1090. The zero-order valence-electron chi connectivity index (χ0n) is 16.8. The van der Waals surface area contributed by atoms with E-state index >= 15 is 0 Å². The summed E-state index contributed by atoms with van der Waals surface area (Å²) in [6.07, 6.45) is 1.42. The standard InChI is InChI=1S/C22H20ClN3O5/c1-25-6-8-26(9-7-25)16-11-15-19(29-17-5-3-2-4-13(17)12-24-15)21-20(16)30-18(27)10-14(23)22(28)31-21/h2-5,11-12,14H,6-10H2,1H3. The van der Waals surface area contributed by atoms with Crippen LogP contribution in [-0.4, -0.2) is 61.7 Å². The van der Waals surface area contributed by atoms with Gasteiger partial charge in [0, 0.05) is 38.0 Å². The predicted molar refractivity (Wildman–Crippen MR) is 115 cm³/mol. The number of hydrogen-bond donors (Lipinski definition) is 0. The number of piperazine rings is 1. The number of anilines is 1. The van der Waals surface area contributed by atoms with Crippen LogP contribution < -0.4 is 19.1 Å². The number of nitrogens with zero attached hydrogens (tertiary/aromatic N) is 3. The van der Waals surface area contributed by atoms with Gasteiger partial charge in [-0.2, -0.15) is 0 Å². The van der Waals surface area contributed by atoms with Crippen LogP contribution >= 0.6 is 11.6 Å². The van der Waals surface area contributed by atoms with Crippen LogP contribution in [0.15, 0.2) is 35.3 Å². The molecule has 0 saturated carbocycles. The first-order valence-electron chi connectivity index (χ1n) is 10.0. The van der Waals surface area contributed by atoms with Crippen molar-refractivity contribution < 1.29 is 23.8 Å². The van der Waals surface area contributed by atoms with Gasteiger partial charge in [0.05, 0.1) is 12.1 Å². The number of ether oxygens (including phenoxy) is 3. The molecule has 3 aliphatic heterocycles. The van der Waals surface area contributed by atoms with E-state index in [0.717, 1.165) is 31.7 Å². The first kappa shape index (κ1) is 19.8. The second-order valence-corrected chi connectivity index (χ2v) is 8.18. The monoisotopic (exact) mass is 441 g/mol. The van der Waals surface area contributed by atoms with Crippen LogP contribution in [0, 0.1) is 0 Å². The van der Waals surface area contributed by atoms with Crippen molar-refractivity contribution in [2.75, 3.05) is 38.1 Å². The second-order valence-electron chi connectivity index (χ2n) is 7.66. The number of fused-ring (bicyclic) bond motifs is 4. The number of rotatable bonds is 1. The molecule has 1 atom stereocenters. The number of para-hydroxylation sites is 1. The topological polar surface area (TPSA) is 80.7 Å². The minimum Gasteiger partial charge on any atom is -0.450 e. The van der Waals surface area contributed by atoms with Crippen molar-refractivity contribution in [2.24, 2.45) is 4.99 Å². The Kier molecular flexibility index (Phi) is 5.03. The molecule has 8 nitrogen and oxygen atoms in total. The molecule has 1 saturated heterocycles. The van der Waals surface area contributed by atoms with Crippen molar-refractivity contribution in [3.8, 4) is 23.0 Å². The maximum atomic E-state index is 12.5. The Morgan fingerprint density at radius 1 is 1.00 bits per heavy atom. The molecular formula is C22H20ClN3O5. The lowest BCUT2D eigenvalue weighted by molar-refractivity contribution is -0.142. The number of carbonyl (C=O) groups is 2. The molecule has 31 heavy (non-hydrogen) atoms. The first-order valence-corrected chi connectivity index (χ1v) is 10.4. The smallest absolute Gasteiger partial charge is 0.330 e. The molecule has 0 N–H and O–H groups in total. The number of benzene rings is 2. The van der Waals surface area contributed by atoms with Crippen LogP contribution in [0.5, 0.6) is 23.0 Å². The summed E-state index contributed by atoms with van der Waals surface area (Å²) in [5.74, 6) is -0.413. The molecule has 3 heterocycles. The van der Waals surface area contributed by atoms with Crippen molar-refractivity contribution in [3.05, 3.63) is 35.9 Å². The van der Waals surface area contributed by atoms with Crippen LogP contribution in [0.1, 0.15) is 12.0 Å². The number of halogens is 1. The van der Waals surface area contributed by atoms with E-state index in [1.807, 2.05) is 24.3 Å². The molecule has 2 aromatic rings. The van der Waals surface area contributed by atoms with Crippen molar-refractivity contribution in [3.63, 3.8) is 0 Å². The molecule has 0 aliphatic carbocycles. The summed E-state index contributed by atoms with van der Waals surface area (Å²) < 4.78 is 17.4. The predicted octanol–water partition coefficient (Wildman–Crippen LogP) is 3.12. The second kappa shape index (κ2) is 7.86.